The molecule has 150 valence electrons. The van der Waals surface area contributed by atoms with Gasteiger partial charge in [0, 0.05) is 19.0 Å². The van der Waals surface area contributed by atoms with Crippen LogP contribution in [0, 0.1) is 0 Å². The van der Waals surface area contributed by atoms with E-state index >= 15 is 0 Å². The molecule has 0 saturated heterocycles. The molecule has 0 aliphatic rings. The van der Waals surface area contributed by atoms with Crippen molar-refractivity contribution in [2.75, 3.05) is 13.7 Å². The van der Waals surface area contributed by atoms with Crippen molar-refractivity contribution in [3.63, 3.8) is 0 Å². The summed E-state index contributed by atoms with van der Waals surface area (Å²) in [5.41, 5.74) is 1.02. The van der Waals surface area contributed by atoms with Crippen LogP contribution in [0.25, 0.3) is 6.08 Å². The van der Waals surface area contributed by atoms with Gasteiger partial charge in [-0.3, -0.25) is 14.4 Å². The summed E-state index contributed by atoms with van der Waals surface area (Å²) in [7, 11) is 1.44. The molecule has 2 N–H and O–H groups in total. The van der Waals surface area contributed by atoms with Crippen molar-refractivity contribution in [2.45, 2.75) is 6.92 Å². The predicted octanol–water partition coefficient (Wildman–Crippen LogP) is 2.69. The summed E-state index contributed by atoms with van der Waals surface area (Å²) in [5.74, 6) is -0.810. The van der Waals surface area contributed by atoms with E-state index in [1.54, 1.807) is 48.5 Å². The Kier molecular flexibility index (Phi) is 7.73. The summed E-state index contributed by atoms with van der Waals surface area (Å²) < 4.78 is 10.3. The standard InChI is InChI=1S/C22H22N2O5/c1-4-12-23-22(27)18(24-21(26)17-8-6-5-7-9-17)13-16-10-11-19(29-15(2)25)20(14-16)28-3/h4-11,13-14H,1,12H2,2-3H3,(H,23,27)(H,24,26). The Bertz CT molecular complexity index is 935. The minimum atomic E-state index is -0.480. The van der Waals surface area contributed by atoms with Crippen LogP contribution in [0.5, 0.6) is 11.5 Å². The van der Waals surface area contributed by atoms with E-state index in [0.717, 1.165) is 0 Å². The summed E-state index contributed by atoms with van der Waals surface area (Å²) in [6.07, 6.45) is 3.03. The molecule has 0 unspecified atom stereocenters. The van der Waals surface area contributed by atoms with Gasteiger partial charge in [-0.2, -0.15) is 0 Å². The number of rotatable bonds is 8. The molecule has 0 aromatic heterocycles. The summed E-state index contributed by atoms with van der Waals surface area (Å²) >= 11 is 0. The molecule has 2 aromatic carbocycles. The zero-order valence-corrected chi connectivity index (χ0v) is 16.2. The van der Waals surface area contributed by atoms with Gasteiger partial charge in [-0.1, -0.05) is 30.3 Å². The smallest absolute Gasteiger partial charge is 0.308 e. The van der Waals surface area contributed by atoms with Crippen molar-refractivity contribution < 1.29 is 23.9 Å². The quantitative estimate of drug-likeness (QED) is 0.311. The van der Waals surface area contributed by atoms with Gasteiger partial charge in [0.15, 0.2) is 11.5 Å². The van der Waals surface area contributed by atoms with E-state index in [4.69, 9.17) is 9.47 Å². The molecule has 0 aliphatic heterocycles. The largest absolute Gasteiger partial charge is 0.493 e. The molecular weight excluding hydrogens is 372 g/mol. The molecule has 29 heavy (non-hydrogen) atoms. The van der Waals surface area contributed by atoms with Crippen LogP contribution < -0.4 is 20.1 Å². The lowest BCUT2D eigenvalue weighted by Crippen LogP contribution is -2.34. The van der Waals surface area contributed by atoms with E-state index in [1.807, 2.05) is 0 Å². The average Bonchev–Trinajstić information content (AvgIpc) is 2.72. The number of esters is 1. The number of nitrogens with one attached hydrogen (secondary N) is 2. The van der Waals surface area contributed by atoms with Crippen molar-refractivity contribution in [3.05, 3.63) is 78.0 Å². The molecule has 2 rings (SSSR count). The lowest BCUT2D eigenvalue weighted by Gasteiger charge is -2.12. The number of amides is 2. The van der Waals surface area contributed by atoms with Gasteiger partial charge < -0.3 is 20.1 Å². The number of methoxy groups -OCH3 is 1. The maximum absolute atomic E-state index is 12.5. The zero-order chi connectivity index (χ0) is 21.2. The fourth-order valence-electron chi connectivity index (χ4n) is 2.38. The Balaban J connectivity index is 2.35. The molecule has 0 heterocycles. The van der Waals surface area contributed by atoms with E-state index in [1.165, 1.54) is 26.2 Å². The molecule has 7 nitrogen and oxygen atoms in total. The first-order valence-electron chi connectivity index (χ1n) is 8.78. The van der Waals surface area contributed by atoms with Gasteiger partial charge >= 0.3 is 5.97 Å². The van der Waals surface area contributed by atoms with E-state index in [2.05, 4.69) is 17.2 Å². The van der Waals surface area contributed by atoms with Gasteiger partial charge in [0.05, 0.1) is 7.11 Å². The Morgan fingerprint density at radius 1 is 1.07 bits per heavy atom. The second-order valence-electron chi connectivity index (χ2n) is 5.88. The third-order valence-electron chi connectivity index (χ3n) is 3.69. The summed E-state index contributed by atoms with van der Waals surface area (Å²) in [6.45, 7) is 5.09. The summed E-state index contributed by atoms with van der Waals surface area (Å²) in [5, 5.41) is 5.26. The van der Waals surface area contributed by atoms with Gasteiger partial charge in [-0.25, -0.2) is 0 Å². The van der Waals surface area contributed by atoms with Crippen molar-refractivity contribution >= 4 is 23.9 Å². The van der Waals surface area contributed by atoms with Crippen LogP contribution in [-0.2, 0) is 9.59 Å². The number of carbonyl (C=O) groups excluding carboxylic acids is 3. The molecule has 2 aromatic rings. The van der Waals surface area contributed by atoms with Crippen LogP contribution in [0.3, 0.4) is 0 Å². The summed E-state index contributed by atoms with van der Waals surface area (Å²) in [6, 6.07) is 13.3. The van der Waals surface area contributed by atoms with E-state index in [0.29, 0.717) is 16.9 Å². The maximum atomic E-state index is 12.5. The zero-order valence-electron chi connectivity index (χ0n) is 16.2. The fourth-order valence-corrected chi connectivity index (χ4v) is 2.38. The van der Waals surface area contributed by atoms with E-state index in [-0.39, 0.29) is 18.0 Å². The van der Waals surface area contributed by atoms with Crippen LogP contribution in [0.4, 0.5) is 0 Å². The van der Waals surface area contributed by atoms with Gasteiger partial charge in [0.1, 0.15) is 5.70 Å². The highest BCUT2D eigenvalue weighted by Crippen LogP contribution is 2.29. The predicted molar refractivity (Wildman–Crippen MR) is 109 cm³/mol. The first kappa shape index (κ1) is 21.4. The number of hydrogen-bond donors (Lipinski definition) is 2. The molecule has 0 bridgehead atoms. The molecule has 0 saturated carbocycles. The Hall–Kier alpha value is -3.87. The SMILES string of the molecule is C=CCNC(=O)C(=Cc1ccc(OC(C)=O)c(OC)c1)NC(=O)c1ccccc1. The lowest BCUT2D eigenvalue weighted by atomic mass is 10.1. The first-order valence-corrected chi connectivity index (χ1v) is 8.78. The van der Waals surface area contributed by atoms with E-state index < -0.39 is 17.8 Å². The minimum Gasteiger partial charge on any atom is -0.493 e. The summed E-state index contributed by atoms with van der Waals surface area (Å²) in [4.78, 5) is 36.2. The molecule has 0 fully saturated rings. The number of benzene rings is 2. The molecular formula is C22H22N2O5. The Labute approximate surface area is 169 Å². The number of hydrogen-bond acceptors (Lipinski definition) is 5. The van der Waals surface area contributed by atoms with Crippen LogP contribution in [0.2, 0.25) is 0 Å². The van der Waals surface area contributed by atoms with Gasteiger partial charge in [0.2, 0.25) is 0 Å². The molecule has 0 radical (unpaired) electrons. The van der Waals surface area contributed by atoms with Gasteiger partial charge in [-0.05, 0) is 35.9 Å². The number of ether oxygens (including phenoxy) is 2. The van der Waals surface area contributed by atoms with Crippen molar-refractivity contribution in [2.24, 2.45) is 0 Å². The second kappa shape index (κ2) is 10.5. The van der Waals surface area contributed by atoms with Crippen LogP contribution in [0.1, 0.15) is 22.8 Å². The number of carbonyl (C=O) groups is 3. The fraction of sp³-hybridized carbons (Fsp3) is 0.136. The maximum Gasteiger partial charge on any atom is 0.308 e. The van der Waals surface area contributed by atoms with Gasteiger partial charge in [0.25, 0.3) is 11.8 Å². The highest BCUT2D eigenvalue weighted by atomic mass is 16.6. The molecule has 7 heteroatoms. The van der Waals surface area contributed by atoms with Crippen LogP contribution in [-0.4, -0.2) is 31.4 Å². The normalized spacial score (nSPS) is 10.6. The van der Waals surface area contributed by atoms with Crippen molar-refractivity contribution in [1.82, 2.24) is 10.6 Å². The highest BCUT2D eigenvalue weighted by molar-refractivity contribution is 6.05. The van der Waals surface area contributed by atoms with Crippen molar-refractivity contribution in [3.8, 4) is 11.5 Å². The molecule has 0 aliphatic carbocycles. The van der Waals surface area contributed by atoms with E-state index in [9.17, 15) is 14.4 Å². The second-order valence-corrected chi connectivity index (χ2v) is 5.88. The Morgan fingerprint density at radius 2 is 1.79 bits per heavy atom. The lowest BCUT2D eigenvalue weighted by molar-refractivity contribution is -0.132. The molecule has 2 amide bonds. The van der Waals surface area contributed by atoms with Crippen LogP contribution >= 0.6 is 0 Å². The molecule has 0 spiro atoms. The van der Waals surface area contributed by atoms with Crippen LogP contribution in [0.15, 0.2) is 66.9 Å². The topological polar surface area (TPSA) is 93.7 Å². The third kappa shape index (κ3) is 6.35. The molecule has 0 atom stereocenters. The first-order chi connectivity index (χ1) is 13.9. The Morgan fingerprint density at radius 3 is 2.41 bits per heavy atom. The average molecular weight is 394 g/mol. The van der Waals surface area contributed by atoms with Gasteiger partial charge in [-0.15, -0.1) is 6.58 Å². The van der Waals surface area contributed by atoms with Crippen molar-refractivity contribution in [1.29, 1.82) is 0 Å². The minimum absolute atomic E-state index is 0.0444. The third-order valence-corrected chi connectivity index (χ3v) is 3.69. The highest BCUT2D eigenvalue weighted by Gasteiger charge is 2.15. The monoisotopic (exact) mass is 394 g/mol.